The number of hydrogen-bond acceptors (Lipinski definition) is 5. The Kier molecular flexibility index (Phi) is 4.83. The van der Waals surface area contributed by atoms with Gasteiger partial charge < -0.3 is 9.64 Å². The fourth-order valence-electron chi connectivity index (χ4n) is 3.08. The van der Waals surface area contributed by atoms with Gasteiger partial charge in [-0.25, -0.2) is 9.50 Å². The molecule has 28 heavy (non-hydrogen) atoms. The molecular formula is C21H16ClN5O. The van der Waals surface area contributed by atoms with Crippen LogP contribution in [0.1, 0.15) is 11.1 Å². The van der Waals surface area contributed by atoms with Crippen LogP contribution in [0.2, 0.25) is 5.15 Å². The van der Waals surface area contributed by atoms with E-state index in [2.05, 4.69) is 16.2 Å². The van der Waals surface area contributed by atoms with Gasteiger partial charge in [-0.05, 0) is 29.8 Å². The molecule has 0 radical (unpaired) electrons. The van der Waals surface area contributed by atoms with Crippen molar-refractivity contribution in [1.29, 1.82) is 5.26 Å². The highest BCUT2D eigenvalue weighted by Crippen LogP contribution is 2.35. The highest BCUT2D eigenvalue weighted by molar-refractivity contribution is 6.31. The number of ether oxygens (including phenoxy) is 1. The van der Waals surface area contributed by atoms with E-state index in [0.29, 0.717) is 17.9 Å². The minimum atomic E-state index is 0.138. The van der Waals surface area contributed by atoms with Gasteiger partial charge in [0, 0.05) is 24.6 Å². The number of methoxy groups -OCH3 is 1. The van der Waals surface area contributed by atoms with Gasteiger partial charge in [0.05, 0.1) is 7.11 Å². The lowest BCUT2D eigenvalue weighted by atomic mass is 10.1. The summed E-state index contributed by atoms with van der Waals surface area (Å²) < 4.78 is 6.83. The number of fused-ring (bicyclic) bond motifs is 1. The summed E-state index contributed by atoms with van der Waals surface area (Å²) in [5.74, 6) is 0.787. The normalized spacial score (nSPS) is 10.6. The Labute approximate surface area is 167 Å². The van der Waals surface area contributed by atoms with Gasteiger partial charge in [-0.15, -0.1) is 0 Å². The molecule has 7 heteroatoms. The number of benzene rings is 2. The molecule has 2 aromatic heterocycles. The minimum Gasteiger partial charge on any atom is -0.497 e. The molecule has 2 heterocycles. The Morgan fingerprint density at radius 2 is 1.89 bits per heavy atom. The molecule has 0 saturated carbocycles. The van der Waals surface area contributed by atoms with E-state index in [1.807, 2.05) is 59.5 Å². The van der Waals surface area contributed by atoms with Gasteiger partial charge in [0.2, 0.25) is 0 Å². The number of hydrogen-bond donors (Lipinski definition) is 0. The van der Waals surface area contributed by atoms with Gasteiger partial charge in [0.25, 0.3) is 0 Å². The fourth-order valence-corrected chi connectivity index (χ4v) is 3.29. The van der Waals surface area contributed by atoms with E-state index in [1.165, 1.54) is 0 Å². The van der Waals surface area contributed by atoms with Crippen LogP contribution in [0.5, 0.6) is 5.75 Å². The van der Waals surface area contributed by atoms with Crippen molar-refractivity contribution in [3.05, 3.63) is 83.3 Å². The molecule has 0 fully saturated rings. The smallest absolute Gasteiger partial charge is 0.179 e. The van der Waals surface area contributed by atoms with Gasteiger partial charge in [0.1, 0.15) is 23.1 Å². The Bertz CT molecular complexity index is 1150. The monoisotopic (exact) mass is 389 g/mol. The molecule has 0 unspecified atom stereocenters. The zero-order chi connectivity index (χ0) is 19.5. The van der Waals surface area contributed by atoms with Crippen LogP contribution >= 0.6 is 11.6 Å². The molecular weight excluding hydrogens is 374 g/mol. The summed E-state index contributed by atoms with van der Waals surface area (Å²) in [5.41, 5.74) is 3.44. The number of nitrogens with zero attached hydrogens (tertiary/aromatic N) is 5. The number of anilines is 2. The van der Waals surface area contributed by atoms with Crippen molar-refractivity contribution in [2.24, 2.45) is 0 Å². The van der Waals surface area contributed by atoms with Crippen LogP contribution in [-0.2, 0) is 6.54 Å². The highest BCUT2D eigenvalue weighted by atomic mass is 35.5. The van der Waals surface area contributed by atoms with E-state index in [0.717, 1.165) is 17.0 Å². The maximum absolute atomic E-state index is 9.77. The Balaban J connectivity index is 1.90. The van der Waals surface area contributed by atoms with Gasteiger partial charge >= 0.3 is 0 Å². The summed E-state index contributed by atoms with van der Waals surface area (Å²) in [4.78, 5) is 6.44. The third-order valence-electron chi connectivity index (χ3n) is 4.42. The molecule has 4 aromatic rings. The summed E-state index contributed by atoms with van der Waals surface area (Å²) in [5, 5.41) is 14.1. The van der Waals surface area contributed by atoms with Crippen molar-refractivity contribution < 1.29 is 4.74 Å². The quantitative estimate of drug-likeness (QED) is 0.499. The van der Waals surface area contributed by atoms with Crippen molar-refractivity contribution in [2.45, 2.75) is 6.54 Å². The predicted molar refractivity (Wildman–Crippen MR) is 108 cm³/mol. The lowest BCUT2D eigenvalue weighted by Gasteiger charge is -2.26. The molecule has 0 amide bonds. The van der Waals surface area contributed by atoms with Crippen LogP contribution in [0, 0.1) is 11.3 Å². The Morgan fingerprint density at radius 3 is 2.57 bits per heavy atom. The van der Waals surface area contributed by atoms with Crippen molar-refractivity contribution in [3.63, 3.8) is 0 Å². The summed E-state index contributed by atoms with van der Waals surface area (Å²) in [6.07, 6.45) is 3.35. The second-order valence-electron chi connectivity index (χ2n) is 6.09. The van der Waals surface area contributed by atoms with E-state index in [1.54, 1.807) is 24.0 Å². The molecule has 0 aliphatic carbocycles. The summed E-state index contributed by atoms with van der Waals surface area (Å²) in [7, 11) is 1.64. The lowest BCUT2D eigenvalue weighted by Crippen LogP contribution is -2.19. The van der Waals surface area contributed by atoms with Crippen LogP contribution in [0.15, 0.2) is 67.0 Å². The molecule has 138 valence electrons. The summed E-state index contributed by atoms with van der Waals surface area (Å²) in [6.45, 7) is 0.519. The van der Waals surface area contributed by atoms with Crippen LogP contribution in [0.4, 0.5) is 11.4 Å². The number of halogens is 1. The second-order valence-corrected chi connectivity index (χ2v) is 6.45. The topological polar surface area (TPSA) is 66.5 Å². The molecule has 0 N–H and O–H groups in total. The van der Waals surface area contributed by atoms with Crippen molar-refractivity contribution >= 4 is 28.6 Å². The highest BCUT2D eigenvalue weighted by Gasteiger charge is 2.22. The first-order valence-corrected chi connectivity index (χ1v) is 8.97. The first-order valence-electron chi connectivity index (χ1n) is 8.59. The molecule has 4 rings (SSSR count). The average Bonchev–Trinajstić information content (AvgIpc) is 3.20. The molecule has 0 bridgehead atoms. The maximum atomic E-state index is 9.77. The molecule has 0 spiro atoms. The molecule has 0 atom stereocenters. The SMILES string of the molecule is COc1ccc(CN(c2ccccc2)c2c(C#N)c(Cl)nn3ccnc23)cc1. The number of rotatable bonds is 5. The van der Waals surface area contributed by atoms with Crippen LogP contribution in [0.25, 0.3) is 5.65 Å². The zero-order valence-corrected chi connectivity index (χ0v) is 15.8. The van der Waals surface area contributed by atoms with E-state index in [4.69, 9.17) is 16.3 Å². The summed E-state index contributed by atoms with van der Waals surface area (Å²) in [6, 6.07) is 19.8. The maximum Gasteiger partial charge on any atom is 0.179 e. The number of para-hydroxylation sites is 1. The van der Waals surface area contributed by atoms with Crippen LogP contribution in [-0.4, -0.2) is 21.7 Å². The first-order chi connectivity index (χ1) is 13.7. The standard InChI is InChI=1S/C21H16ClN5O/c1-28-17-9-7-15(8-10-17)14-26(16-5-3-2-4-6-16)19-18(13-23)20(22)25-27-12-11-24-21(19)27/h2-12H,14H2,1H3. The van der Waals surface area contributed by atoms with Gasteiger partial charge in [-0.3, -0.25) is 0 Å². The van der Waals surface area contributed by atoms with E-state index >= 15 is 0 Å². The Hall–Kier alpha value is -3.56. The molecule has 0 aliphatic rings. The summed E-state index contributed by atoms with van der Waals surface area (Å²) >= 11 is 6.31. The molecule has 0 saturated heterocycles. The van der Waals surface area contributed by atoms with Gasteiger partial charge in [0.15, 0.2) is 10.8 Å². The van der Waals surface area contributed by atoms with Crippen LogP contribution < -0.4 is 9.64 Å². The van der Waals surface area contributed by atoms with Gasteiger partial charge in [-0.1, -0.05) is 41.9 Å². The molecule has 6 nitrogen and oxygen atoms in total. The molecule has 2 aromatic carbocycles. The van der Waals surface area contributed by atoms with Crippen molar-refractivity contribution in [1.82, 2.24) is 14.6 Å². The number of nitriles is 1. The lowest BCUT2D eigenvalue weighted by molar-refractivity contribution is 0.414. The first kappa shape index (κ1) is 17.8. The van der Waals surface area contributed by atoms with E-state index in [-0.39, 0.29) is 10.7 Å². The van der Waals surface area contributed by atoms with Crippen LogP contribution in [0.3, 0.4) is 0 Å². The zero-order valence-electron chi connectivity index (χ0n) is 15.1. The predicted octanol–water partition coefficient (Wildman–Crippen LogP) is 4.60. The van der Waals surface area contributed by atoms with E-state index < -0.39 is 0 Å². The van der Waals surface area contributed by atoms with Gasteiger partial charge in [-0.2, -0.15) is 10.4 Å². The second kappa shape index (κ2) is 7.59. The molecule has 0 aliphatic heterocycles. The third-order valence-corrected chi connectivity index (χ3v) is 4.69. The number of aromatic nitrogens is 3. The Morgan fingerprint density at radius 1 is 1.14 bits per heavy atom. The fraction of sp³-hybridized carbons (Fsp3) is 0.0952. The third kappa shape index (κ3) is 3.24. The number of imidazole rings is 1. The van der Waals surface area contributed by atoms with Crippen molar-refractivity contribution in [3.8, 4) is 11.8 Å². The minimum absolute atomic E-state index is 0.138. The van der Waals surface area contributed by atoms with E-state index in [9.17, 15) is 5.26 Å². The largest absolute Gasteiger partial charge is 0.497 e. The van der Waals surface area contributed by atoms with Crippen molar-refractivity contribution in [2.75, 3.05) is 12.0 Å². The average molecular weight is 390 g/mol.